The number of rotatable bonds is 4. The summed E-state index contributed by atoms with van der Waals surface area (Å²) in [5, 5.41) is 6.85. The van der Waals surface area contributed by atoms with E-state index in [1.165, 1.54) is 6.20 Å². The Morgan fingerprint density at radius 1 is 1.33 bits per heavy atom. The van der Waals surface area contributed by atoms with Crippen molar-refractivity contribution in [2.24, 2.45) is 0 Å². The summed E-state index contributed by atoms with van der Waals surface area (Å²) in [6.45, 7) is 0. The van der Waals surface area contributed by atoms with Crippen LogP contribution in [0.1, 0.15) is 40.9 Å². The zero-order chi connectivity index (χ0) is 16.4. The van der Waals surface area contributed by atoms with Gasteiger partial charge in [-0.1, -0.05) is 5.16 Å². The lowest BCUT2D eigenvalue weighted by molar-refractivity contribution is 0.102. The van der Waals surface area contributed by atoms with Gasteiger partial charge >= 0.3 is 0 Å². The van der Waals surface area contributed by atoms with Crippen LogP contribution in [0.15, 0.2) is 22.9 Å². The van der Waals surface area contributed by atoms with Gasteiger partial charge in [-0.3, -0.25) is 10.1 Å². The van der Waals surface area contributed by atoms with Crippen LogP contribution >= 0.6 is 11.8 Å². The lowest BCUT2D eigenvalue weighted by Gasteiger charge is -2.11. The zero-order valence-electron chi connectivity index (χ0n) is 13.3. The van der Waals surface area contributed by atoms with Crippen molar-refractivity contribution in [1.82, 2.24) is 10.1 Å². The number of aromatic nitrogens is 2. The van der Waals surface area contributed by atoms with E-state index in [0.717, 1.165) is 54.9 Å². The van der Waals surface area contributed by atoms with Crippen LogP contribution < -0.4 is 10.1 Å². The van der Waals surface area contributed by atoms with Crippen LogP contribution in [0.5, 0.6) is 5.88 Å². The Hall–Kier alpha value is -2.02. The van der Waals surface area contributed by atoms with Gasteiger partial charge in [0.05, 0.1) is 11.3 Å². The highest BCUT2D eigenvalue weighted by Gasteiger charge is 2.21. The molecule has 0 bridgehead atoms. The molecule has 3 heterocycles. The number of pyridine rings is 1. The predicted molar refractivity (Wildman–Crippen MR) is 91.7 cm³/mol. The van der Waals surface area contributed by atoms with E-state index in [2.05, 4.69) is 15.5 Å². The molecule has 1 saturated heterocycles. The molecule has 126 valence electrons. The lowest BCUT2D eigenvalue weighted by Crippen LogP contribution is -2.16. The lowest BCUT2D eigenvalue weighted by atomic mass is 9.98. The summed E-state index contributed by atoms with van der Waals surface area (Å²) < 4.78 is 11.1. The minimum atomic E-state index is -0.241. The Morgan fingerprint density at radius 3 is 3.04 bits per heavy atom. The van der Waals surface area contributed by atoms with Gasteiger partial charge in [-0.15, -0.1) is 0 Å². The predicted octanol–water partition coefficient (Wildman–Crippen LogP) is 3.09. The van der Waals surface area contributed by atoms with Crippen molar-refractivity contribution in [3.63, 3.8) is 0 Å². The van der Waals surface area contributed by atoms with Gasteiger partial charge in [-0.25, -0.2) is 4.98 Å². The minimum Gasteiger partial charge on any atom is -0.473 e. The van der Waals surface area contributed by atoms with Crippen molar-refractivity contribution in [1.29, 1.82) is 0 Å². The number of hydrogen-bond donors (Lipinski definition) is 1. The molecule has 6 nitrogen and oxygen atoms in total. The number of nitrogens with one attached hydrogen (secondary N) is 1. The number of hydrogen-bond acceptors (Lipinski definition) is 6. The number of anilines is 1. The first-order valence-corrected chi connectivity index (χ1v) is 9.44. The fraction of sp³-hybridized carbons (Fsp3) is 0.471. The maximum absolute atomic E-state index is 12.4. The van der Waals surface area contributed by atoms with E-state index in [0.29, 0.717) is 17.3 Å². The van der Waals surface area contributed by atoms with Crippen LogP contribution in [-0.2, 0) is 12.8 Å². The van der Waals surface area contributed by atoms with Gasteiger partial charge in [0.2, 0.25) is 11.8 Å². The average molecular weight is 345 g/mol. The molecule has 2 aliphatic rings. The summed E-state index contributed by atoms with van der Waals surface area (Å²) in [5.74, 6) is 2.93. The maximum atomic E-state index is 12.4. The first kappa shape index (κ1) is 15.5. The van der Waals surface area contributed by atoms with E-state index in [-0.39, 0.29) is 12.0 Å². The summed E-state index contributed by atoms with van der Waals surface area (Å²) in [6.07, 6.45) is 6.85. The van der Waals surface area contributed by atoms with Crippen molar-refractivity contribution in [2.45, 2.75) is 38.2 Å². The molecule has 1 atom stereocenters. The van der Waals surface area contributed by atoms with Crippen molar-refractivity contribution < 1.29 is 14.1 Å². The summed E-state index contributed by atoms with van der Waals surface area (Å²) >= 11 is 1.89. The molecule has 1 unspecified atom stereocenters. The van der Waals surface area contributed by atoms with Crippen molar-refractivity contribution >= 4 is 23.6 Å². The van der Waals surface area contributed by atoms with Gasteiger partial charge in [-0.05, 0) is 43.9 Å². The van der Waals surface area contributed by atoms with Gasteiger partial charge in [0, 0.05) is 23.6 Å². The largest absolute Gasteiger partial charge is 0.473 e. The Morgan fingerprint density at radius 2 is 2.25 bits per heavy atom. The van der Waals surface area contributed by atoms with Gasteiger partial charge in [0.1, 0.15) is 6.10 Å². The van der Waals surface area contributed by atoms with Gasteiger partial charge in [-0.2, -0.15) is 11.8 Å². The molecule has 7 heteroatoms. The van der Waals surface area contributed by atoms with Gasteiger partial charge in [0.25, 0.3) is 5.91 Å². The minimum absolute atomic E-state index is 0.225. The normalized spacial score (nSPS) is 19.8. The van der Waals surface area contributed by atoms with E-state index >= 15 is 0 Å². The summed E-state index contributed by atoms with van der Waals surface area (Å²) in [4.78, 5) is 16.6. The third kappa shape index (κ3) is 3.26. The quantitative estimate of drug-likeness (QED) is 0.917. The number of thioether (sulfide) groups is 1. The number of amides is 1. The second kappa shape index (κ2) is 6.84. The van der Waals surface area contributed by atoms with Crippen LogP contribution in [0.2, 0.25) is 0 Å². The standard InChI is InChI=1S/C17H19N3O3S/c21-16(19-17-13-3-1-2-4-14(13)20-23-17)11-5-6-15(18-9-11)22-12-7-8-24-10-12/h5-6,9,12H,1-4,7-8,10H2,(H,19,21). The number of nitrogens with zero attached hydrogens (tertiary/aromatic N) is 2. The highest BCUT2D eigenvalue weighted by Crippen LogP contribution is 2.28. The molecule has 24 heavy (non-hydrogen) atoms. The SMILES string of the molecule is O=C(Nc1onc2c1CCCC2)c1ccc(OC2CCSC2)nc1. The molecular formula is C17H19N3O3S. The van der Waals surface area contributed by atoms with Crippen LogP contribution in [0.3, 0.4) is 0 Å². The smallest absolute Gasteiger partial charge is 0.259 e. The van der Waals surface area contributed by atoms with Crippen molar-refractivity contribution in [3.05, 3.63) is 35.2 Å². The molecular weight excluding hydrogens is 326 g/mol. The molecule has 2 aromatic rings. The first-order valence-electron chi connectivity index (χ1n) is 8.29. The molecule has 0 radical (unpaired) electrons. The zero-order valence-corrected chi connectivity index (χ0v) is 14.1. The molecule has 1 aliphatic heterocycles. The fourth-order valence-corrected chi connectivity index (χ4v) is 4.12. The molecule has 0 saturated carbocycles. The van der Waals surface area contributed by atoms with Crippen LogP contribution in [0.25, 0.3) is 0 Å². The van der Waals surface area contributed by atoms with Crippen LogP contribution in [0, 0.1) is 0 Å². The molecule has 1 N–H and O–H groups in total. The average Bonchev–Trinajstić information content (AvgIpc) is 3.26. The Labute approximate surface area is 144 Å². The topological polar surface area (TPSA) is 77.2 Å². The molecule has 1 aliphatic carbocycles. The van der Waals surface area contributed by atoms with E-state index in [9.17, 15) is 4.79 Å². The first-order chi connectivity index (χ1) is 11.8. The highest BCUT2D eigenvalue weighted by atomic mass is 32.2. The number of fused-ring (bicyclic) bond motifs is 1. The number of carbonyl (C=O) groups is 1. The maximum Gasteiger partial charge on any atom is 0.259 e. The molecule has 0 spiro atoms. The van der Waals surface area contributed by atoms with E-state index in [1.807, 2.05) is 11.8 Å². The number of ether oxygens (including phenoxy) is 1. The van der Waals surface area contributed by atoms with Crippen molar-refractivity contribution in [2.75, 3.05) is 16.8 Å². The third-order valence-corrected chi connectivity index (χ3v) is 5.49. The second-order valence-corrected chi connectivity index (χ2v) is 7.24. The number of aryl methyl sites for hydroxylation is 1. The van der Waals surface area contributed by atoms with E-state index in [4.69, 9.17) is 9.26 Å². The third-order valence-electron chi connectivity index (χ3n) is 4.36. The monoisotopic (exact) mass is 345 g/mol. The molecule has 4 rings (SSSR count). The molecule has 1 fully saturated rings. The number of carbonyl (C=O) groups excluding carboxylic acids is 1. The summed E-state index contributed by atoms with van der Waals surface area (Å²) in [6, 6.07) is 3.47. The summed E-state index contributed by atoms with van der Waals surface area (Å²) in [5.41, 5.74) is 2.47. The molecule has 0 aromatic carbocycles. The molecule has 1 amide bonds. The van der Waals surface area contributed by atoms with Crippen molar-refractivity contribution in [3.8, 4) is 5.88 Å². The Bertz CT molecular complexity index is 723. The van der Waals surface area contributed by atoms with Gasteiger partial charge in [0.15, 0.2) is 0 Å². The Balaban J connectivity index is 1.41. The summed E-state index contributed by atoms with van der Waals surface area (Å²) in [7, 11) is 0. The van der Waals surface area contributed by atoms with Crippen LogP contribution in [0.4, 0.5) is 5.88 Å². The molecule has 2 aromatic heterocycles. The van der Waals surface area contributed by atoms with E-state index < -0.39 is 0 Å². The van der Waals surface area contributed by atoms with Gasteiger partial charge < -0.3 is 9.26 Å². The van der Waals surface area contributed by atoms with Crippen LogP contribution in [-0.4, -0.2) is 33.7 Å². The second-order valence-electron chi connectivity index (χ2n) is 6.09. The highest BCUT2D eigenvalue weighted by molar-refractivity contribution is 7.99. The Kier molecular flexibility index (Phi) is 4.42. The fourth-order valence-electron chi connectivity index (χ4n) is 3.03. The van der Waals surface area contributed by atoms with E-state index in [1.54, 1.807) is 12.1 Å².